The molecular weight excluding hydrogens is 252 g/mol. The maximum Gasteiger partial charge on any atom is 0.228 e. The van der Waals surface area contributed by atoms with E-state index < -0.39 is 0 Å². The minimum Gasteiger partial charge on any atom is -0.398 e. The molecule has 0 unspecified atom stereocenters. The number of methoxy groups -OCH3 is 1. The molecule has 0 radical (unpaired) electrons. The number of nitrogen functional groups attached to an aromatic ring is 1. The predicted octanol–water partition coefficient (Wildman–Crippen LogP) is 2.60. The summed E-state index contributed by atoms with van der Waals surface area (Å²) < 4.78 is 5.12. The quantitative estimate of drug-likeness (QED) is 0.821. The van der Waals surface area contributed by atoms with E-state index in [1.165, 1.54) is 0 Å². The van der Waals surface area contributed by atoms with E-state index in [1.54, 1.807) is 13.2 Å². The Labute approximate surface area is 118 Å². The minimum atomic E-state index is -0.0912. The van der Waals surface area contributed by atoms with Crippen molar-refractivity contribution in [3.05, 3.63) is 59.7 Å². The Morgan fingerprint density at radius 3 is 2.45 bits per heavy atom. The van der Waals surface area contributed by atoms with Crippen LogP contribution in [0, 0.1) is 0 Å². The fraction of sp³-hybridized carbons (Fsp3) is 0.188. The van der Waals surface area contributed by atoms with Gasteiger partial charge in [-0.15, -0.1) is 0 Å². The zero-order valence-electron chi connectivity index (χ0n) is 11.4. The molecule has 2 aromatic carbocycles. The first-order valence-electron chi connectivity index (χ1n) is 6.41. The summed E-state index contributed by atoms with van der Waals surface area (Å²) in [5.74, 6) is -0.0912. The lowest BCUT2D eigenvalue weighted by molar-refractivity contribution is -0.115. The standard InChI is InChI=1S/C16H18N2O2/c1-20-11-13-7-3-5-9-15(13)18-16(19)10-12-6-2-4-8-14(12)17/h2-9H,10-11,17H2,1H3,(H,18,19). The Morgan fingerprint density at radius 1 is 1.10 bits per heavy atom. The molecule has 0 saturated heterocycles. The molecule has 0 heterocycles. The van der Waals surface area contributed by atoms with Crippen LogP contribution in [-0.4, -0.2) is 13.0 Å². The number of rotatable bonds is 5. The third kappa shape index (κ3) is 3.59. The molecule has 0 bridgehead atoms. The average Bonchev–Trinajstić information content (AvgIpc) is 2.44. The van der Waals surface area contributed by atoms with Crippen LogP contribution in [0.3, 0.4) is 0 Å². The van der Waals surface area contributed by atoms with E-state index in [-0.39, 0.29) is 12.3 Å². The maximum atomic E-state index is 12.1. The fourth-order valence-electron chi connectivity index (χ4n) is 1.99. The number of nitrogens with two attached hydrogens (primary N) is 1. The van der Waals surface area contributed by atoms with Gasteiger partial charge in [0, 0.05) is 24.0 Å². The molecular formula is C16H18N2O2. The second kappa shape index (κ2) is 6.73. The first kappa shape index (κ1) is 14.1. The van der Waals surface area contributed by atoms with Gasteiger partial charge in [0.2, 0.25) is 5.91 Å². The first-order valence-corrected chi connectivity index (χ1v) is 6.41. The molecule has 104 valence electrons. The highest BCUT2D eigenvalue weighted by Gasteiger charge is 2.08. The number of amides is 1. The number of anilines is 2. The molecule has 0 aliphatic rings. The normalized spacial score (nSPS) is 10.2. The van der Waals surface area contributed by atoms with Crippen molar-refractivity contribution < 1.29 is 9.53 Å². The van der Waals surface area contributed by atoms with Gasteiger partial charge in [-0.05, 0) is 17.7 Å². The van der Waals surface area contributed by atoms with Crippen LogP contribution in [0.15, 0.2) is 48.5 Å². The van der Waals surface area contributed by atoms with Gasteiger partial charge in [0.25, 0.3) is 0 Å². The van der Waals surface area contributed by atoms with Crippen molar-refractivity contribution in [3.63, 3.8) is 0 Å². The van der Waals surface area contributed by atoms with Crippen molar-refractivity contribution in [1.29, 1.82) is 0 Å². The van der Waals surface area contributed by atoms with Crippen LogP contribution in [0.5, 0.6) is 0 Å². The van der Waals surface area contributed by atoms with Crippen molar-refractivity contribution in [1.82, 2.24) is 0 Å². The van der Waals surface area contributed by atoms with E-state index in [0.29, 0.717) is 12.3 Å². The Hall–Kier alpha value is -2.33. The van der Waals surface area contributed by atoms with Gasteiger partial charge in [0.15, 0.2) is 0 Å². The highest BCUT2D eigenvalue weighted by molar-refractivity contribution is 5.93. The lowest BCUT2D eigenvalue weighted by atomic mass is 10.1. The average molecular weight is 270 g/mol. The van der Waals surface area contributed by atoms with Crippen molar-refractivity contribution in [3.8, 4) is 0 Å². The van der Waals surface area contributed by atoms with E-state index in [0.717, 1.165) is 16.8 Å². The zero-order valence-corrected chi connectivity index (χ0v) is 11.4. The van der Waals surface area contributed by atoms with Gasteiger partial charge in [-0.25, -0.2) is 0 Å². The molecule has 4 heteroatoms. The molecule has 0 aliphatic carbocycles. The zero-order chi connectivity index (χ0) is 14.4. The molecule has 0 atom stereocenters. The minimum absolute atomic E-state index is 0.0912. The number of ether oxygens (including phenoxy) is 1. The number of carbonyl (C=O) groups excluding carboxylic acids is 1. The van der Waals surface area contributed by atoms with Crippen LogP contribution in [0.25, 0.3) is 0 Å². The second-order valence-electron chi connectivity index (χ2n) is 4.51. The summed E-state index contributed by atoms with van der Waals surface area (Å²) >= 11 is 0. The van der Waals surface area contributed by atoms with Gasteiger partial charge in [-0.2, -0.15) is 0 Å². The number of nitrogens with one attached hydrogen (secondary N) is 1. The monoisotopic (exact) mass is 270 g/mol. The van der Waals surface area contributed by atoms with Gasteiger partial charge < -0.3 is 15.8 Å². The van der Waals surface area contributed by atoms with Crippen LogP contribution in [0.2, 0.25) is 0 Å². The molecule has 1 amide bonds. The highest BCUT2D eigenvalue weighted by atomic mass is 16.5. The molecule has 3 N–H and O–H groups in total. The summed E-state index contributed by atoms with van der Waals surface area (Å²) in [4.78, 5) is 12.1. The van der Waals surface area contributed by atoms with E-state index in [2.05, 4.69) is 5.32 Å². The SMILES string of the molecule is COCc1ccccc1NC(=O)Cc1ccccc1N. The molecule has 20 heavy (non-hydrogen) atoms. The molecule has 0 aromatic heterocycles. The summed E-state index contributed by atoms with van der Waals surface area (Å²) in [6.07, 6.45) is 0.258. The molecule has 4 nitrogen and oxygen atoms in total. The number of hydrogen-bond donors (Lipinski definition) is 2. The Kier molecular flexibility index (Phi) is 4.74. The Morgan fingerprint density at radius 2 is 1.75 bits per heavy atom. The van der Waals surface area contributed by atoms with E-state index in [4.69, 9.17) is 10.5 Å². The lowest BCUT2D eigenvalue weighted by Crippen LogP contribution is -2.16. The fourth-order valence-corrected chi connectivity index (χ4v) is 1.99. The molecule has 0 saturated carbocycles. The van der Waals surface area contributed by atoms with E-state index >= 15 is 0 Å². The highest BCUT2D eigenvalue weighted by Crippen LogP contribution is 2.17. The van der Waals surface area contributed by atoms with E-state index in [9.17, 15) is 4.79 Å². The lowest BCUT2D eigenvalue weighted by Gasteiger charge is -2.11. The van der Waals surface area contributed by atoms with Gasteiger partial charge >= 0.3 is 0 Å². The van der Waals surface area contributed by atoms with Gasteiger partial charge in [0.1, 0.15) is 0 Å². The van der Waals surface area contributed by atoms with Crippen LogP contribution in [-0.2, 0) is 22.6 Å². The topological polar surface area (TPSA) is 64.3 Å². The largest absolute Gasteiger partial charge is 0.398 e. The van der Waals surface area contributed by atoms with Crippen LogP contribution in [0.1, 0.15) is 11.1 Å². The van der Waals surface area contributed by atoms with Gasteiger partial charge in [-0.3, -0.25) is 4.79 Å². The maximum absolute atomic E-state index is 12.1. The second-order valence-corrected chi connectivity index (χ2v) is 4.51. The molecule has 0 aliphatic heterocycles. The van der Waals surface area contributed by atoms with Crippen molar-refractivity contribution >= 4 is 17.3 Å². The van der Waals surface area contributed by atoms with Crippen LogP contribution >= 0.6 is 0 Å². The smallest absolute Gasteiger partial charge is 0.228 e. The van der Waals surface area contributed by atoms with E-state index in [1.807, 2.05) is 42.5 Å². The van der Waals surface area contributed by atoms with Crippen molar-refractivity contribution in [2.75, 3.05) is 18.2 Å². The van der Waals surface area contributed by atoms with Crippen molar-refractivity contribution in [2.24, 2.45) is 0 Å². The number of benzene rings is 2. The summed E-state index contributed by atoms with van der Waals surface area (Å²) in [5, 5.41) is 2.90. The third-order valence-corrected chi connectivity index (χ3v) is 3.00. The number of carbonyl (C=O) groups is 1. The molecule has 2 rings (SSSR count). The Balaban J connectivity index is 2.07. The third-order valence-electron chi connectivity index (χ3n) is 3.00. The first-order chi connectivity index (χ1) is 9.70. The van der Waals surface area contributed by atoms with Crippen molar-refractivity contribution in [2.45, 2.75) is 13.0 Å². The van der Waals surface area contributed by atoms with Gasteiger partial charge in [-0.1, -0.05) is 36.4 Å². The van der Waals surface area contributed by atoms with Crippen LogP contribution < -0.4 is 11.1 Å². The van der Waals surface area contributed by atoms with Crippen LogP contribution in [0.4, 0.5) is 11.4 Å². The molecule has 0 spiro atoms. The summed E-state index contributed by atoms with van der Waals surface area (Å²) in [6.45, 7) is 0.462. The number of hydrogen-bond acceptors (Lipinski definition) is 3. The summed E-state index contributed by atoms with van der Waals surface area (Å²) in [7, 11) is 1.63. The molecule has 0 fully saturated rings. The predicted molar refractivity (Wildman–Crippen MR) is 80.3 cm³/mol. The summed E-state index contributed by atoms with van der Waals surface area (Å²) in [5.41, 5.74) is 9.02. The number of para-hydroxylation sites is 2. The summed E-state index contributed by atoms with van der Waals surface area (Å²) in [6, 6.07) is 15.0. The Bertz CT molecular complexity index is 597. The van der Waals surface area contributed by atoms with Gasteiger partial charge in [0.05, 0.1) is 13.0 Å². The molecule has 2 aromatic rings.